The largest absolute Gasteiger partial charge is 0.333 e. The van der Waals surface area contributed by atoms with Crippen LogP contribution >= 0.6 is 23.2 Å². The van der Waals surface area contributed by atoms with Gasteiger partial charge in [-0.15, -0.1) is 0 Å². The van der Waals surface area contributed by atoms with Crippen molar-refractivity contribution in [1.82, 2.24) is 19.9 Å². The van der Waals surface area contributed by atoms with E-state index in [4.69, 9.17) is 23.2 Å². The van der Waals surface area contributed by atoms with E-state index in [9.17, 15) is 13.2 Å². The fraction of sp³-hybridized carbons (Fsp3) is 0.391. The quantitative estimate of drug-likeness (QED) is 0.445. The molecular formula is C23H27Cl2N5O3S. The summed E-state index contributed by atoms with van der Waals surface area (Å²) in [5.74, 6) is -0.420. The van der Waals surface area contributed by atoms with Crippen LogP contribution in [-0.2, 0) is 16.6 Å². The van der Waals surface area contributed by atoms with Gasteiger partial charge in [-0.1, -0.05) is 23.2 Å². The lowest BCUT2D eigenvalue weighted by Gasteiger charge is -2.24. The minimum absolute atomic E-state index is 0.0655. The molecule has 0 saturated heterocycles. The molecule has 1 aromatic carbocycles. The molecule has 0 spiro atoms. The first-order valence-corrected chi connectivity index (χ1v) is 13.1. The molecule has 0 unspecified atom stereocenters. The van der Waals surface area contributed by atoms with Crippen LogP contribution in [-0.4, -0.2) is 53.5 Å². The molecule has 2 aromatic heterocycles. The van der Waals surface area contributed by atoms with Crippen LogP contribution in [0.2, 0.25) is 10.0 Å². The van der Waals surface area contributed by atoms with Gasteiger partial charge in [0.25, 0.3) is 5.91 Å². The zero-order valence-electron chi connectivity index (χ0n) is 20.0. The number of fused-ring (bicyclic) bond motifs is 1. The van der Waals surface area contributed by atoms with Crippen molar-refractivity contribution in [3.05, 3.63) is 56.5 Å². The average Bonchev–Trinajstić information content (AvgIpc) is 2.80. The number of nitrogens with zero attached hydrogens (tertiary/aromatic N) is 5. The Labute approximate surface area is 210 Å². The molecule has 3 aromatic rings. The minimum Gasteiger partial charge on any atom is -0.333 e. The van der Waals surface area contributed by atoms with Crippen molar-refractivity contribution < 1.29 is 13.2 Å². The summed E-state index contributed by atoms with van der Waals surface area (Å²) in [5.41, 5.74) is 3.59. The fourth-order valence-electron chi connectivity index (χ4n) is 3.50. The Morgan fingerprint density at radius 3 is 2.18 bits per heavy atom. The summed E-state index contributed by atoms with van der Waals surface area (Å²) in [7, 11) is -2.24. The van der Waals surface area contributed by atoms with Gasteiger partial charge in [0.15, 0.2) is 5.82 Å². The molecule has 1 amide bonds. The predicted molar refractivity (Wildman–Crippen MR) is 136 cm³/mol. The SMILES string of the molecule is CCN(Cc1cc(Cl)c(C)c(Cl)c1)C(=O)c1nc(N(C)S(=O)(=O)CC)c2ncc(C)nc2c1C. The Morgan fingerprint density at radius 1 is 1.00 bits per heavy atom. The van der Waals surface area contributed by atoms with Gasteiger partial charge >= 0.3 is 0 Å². The van der Waals surface area contributed by atoms with E-state index in [0.717, 1.165) is 15.4 Å². The number of pyridine rings is 1. The standard InChI is InChI=1S/C23H27Cl2N5O3S/c1-7-30(12-16-9-17(24)14(4)18(25)10-16)23(31)20-15(5)19-21(26-11-13(3)27-19)22(28-20)29(6)34(32,33)8-2/h9-11H,7-8,12H2,1-6H3. The molecule has 0 atom stereocenters. The van der Waals surface area contributed by atoms with Crippen molar-refractivity contribution in [1.29, 1.82) is 0 Å². The van der Waals surface area contributed by atoms with Crippen molar-refractivity contribution in [3.63, 3.8) is 0 Å². The van der Waals surface area contributed by atoms with Crippen LogP contribution in [0.5, 0.6) is 0 Å². The van der Waals surface area contributed by atoms with Crippen LogP contribution in [0.4, 0.5) is 5.82 Å². The summed E-state index contributed by atoms with van der Waals surface area (Å²) in [6, 6.07) is 3.56. The average molecular weight is 524 g/mol. The lowest BCUT2D eigenvalue weighted by molar-refractivity contribution is 0.0746. The lowest BCUT2D eigenvalue weighted by Crippen LogP contribution is -2.33. The number of rotatable bonds is 7. The first-order valence-electron chi connectivity index (χ1n) is 10.8. The van der Waals surface area contributed by atoms with Crippen molar-refractivity contribution >= 4 is 56.0 Å². The number of amides is 1. The molecule has 0 N–H and O–H groups in total. The molecule has 0 fully saturated rings. The molecule has 0 bridgehead atoms. The van der Waals surface area contributed by atoms with Gasteiger partial charge in [0.1, 0.15) is 11.2 Å². The monoisotopic (exact) mass is 523 g/mol. The number of benzene rings is 1. The van der Waals surface area contributed by atoms with E-state index < -0.39 is 10.0 Å². The van der Waals surface area contributed by atoms with E-state index in [0.29, 0.717) is 38.9 Å². The second-order valence-electron chi connectivity index (χ2n) is 7.99. The second-order valence-corrected chi connectivity index (χ2v) is 11.1. The molecular weight excluding hydrogens is 497 g/mol. The summed E-state index contributed by atoms with van der Waals surface area (Å²) < 4.78 is 26.3. The number of hydrogen-bond acceptors (Lipinski definition) is 6. The van der Waals surface area contributed by atoms with Crippen LogP contribution < -0.4 is 4.31 Å². The first-order chi connectivity index (χ1) is 15.9. The van der Waals surface area contributed by atoms with Crippen molar-refractivity contribution in [2.24, 2.45) is 0 Å². The topological polar surface area (TPSA) is 96.4 Å². The number of aromatic nitrogens is 3. The van der Waals surface area contributed by atoms with Crippen molar-refractivity contribution in [3.8, 4) is 0 Å². The van der Waals surface area contributed by atoms with Crippen molar-refractivity contribution in [2.75, 3.05) is 23.7 Å². The van der Waals surface area contributed by atoms with Gasteiger partial charge in [-0.2, -0.15) is 0 Å². The number of carbonyl (C=O) groups excluding carboxylic acids is 1. The Hall–Kier alpha value is -2.49. The molecule has 0 radical (unpaired) electrons. The number of halogens is 2. The highest BCUT2D eigenvalue weighted by Crippen LogP contribution is 2.30. The summed E-state index contributed by atoms with van der Waals surface area (Å²) in [4.78, 5) is 28.7. The molecule has 11 heteroatoms. The minimum atomic E-state index is -3.65. The normalized spacial score (nSPS) is 11.6. The maximum atomic E-state index is 13.6. The van der Waals surface area contributed by atoms with Gasteiger partial charge in [0, 0.05) is 41.9 Å². The molecule has 8 nitrogen and oxygen atoms in total. The Balaban J connectivity index is 2.15. The predicted octanol–water partition coefficient (Wildman–Crippen LogP) is 4.71. The molecule has 2 heterocycles. The molecule has 34 heavy (non-hydrogen) atoms. The Morgan fingerprint density at radius 2 is 1.62 bits per heavy atom. The summed E-state index contributed by atoms with van der Waals surface area (Å²) in [5, 5.41) is 1.04. The van der Waals surface area contributed by atoms with Gasteiger partial charge < -0.3 is 4.90 Å². The van der Waals surface area contributed by atoms with E-state index in [1.807, 2.05) is 13.8 Å². The molecule has 182 valence electrons. The molecule has 0 aliphatic rings. The molecule has 0 aliphatic heterocycles. The summed E-state index contributed by atoms with van der Waals surface area (Å²) >= 11 is 12.6. The molecule has 0 saturated carbocycles. The Bertz CT molecular complexity index is 1360. The van der Waals surface area contributed by atoms with Gasteiger partial charge in [-0.3, -0.25) is 9.10 Å². The van der Waals surface area contributed by atoms with Crippen LogP contribution in [0.15, 0.2) is 18.3 Å². The highest BCUT2D eigenvalue weighted by molar-refractivity contribution is 7.92. The van der Waals surface area contributed by atoms with Crippen molar-refractivity contribution in [2.45, 2.75) is 41.2 Å². The van der Waals surface area contributed by atoms with E-state index in [-0.39, 0.29) is 29.7 Å². The highest BCUT2D eigenvalue weighted by Gasteiger charge is 2.27. The van der Waals surface area contributed by atoms with E-state index in [2.05, 4.69) is 15.0 Å². The zero-order valence-corrected chi connectivity index (χ0v) is 22.3. The van der Waals surface area contributed by atoms with Gasteiger partial charge in [-0.05, 0) is 57.9 Å². The van der Waals surface area contributed by atoms with E-state index in [1.54, 1.807) is 44.0 Å². The zero-order chi connectivity index (χ0) is 25.4. The summed E-state index contributed by atoms with van der Waals surface area (Å²) in [6.07, 6.45) is 1.55. The number of anilines is 1. The van der Waals surface area contributed by atoms with Gasteiger partial charge in [-0.25, -0.2) is 23.4 Å². The molecule has 3 rings (SSSR count). The fourth-order valence-corrected chi connectivity index (χ4v) is 4.81. The van der Waals surface area contributed by atoms with Gasteiger partial charge in [0.05, 0.1) is 17.0 Å². The number of carbonyl (C=O) groups is 1. The third-order valence-corrected chi connectivity index (χ3v) is 8.22. The number of aryl methyl sites for hydroxylation is 2. The smallest absolute Gasteiger partial charge is 0.273 e. The number of hydrogen-bond donors (Lipinski definition) is 0. The summed E-state index contributed by atoms with van der Waals surface area (Å²) in [6.45, 7) is 9.38. The third-order valence-electron chi connectivity index (χ3n) is 5.70. The maximum absolute atomic E-state index is 13.6. The van der Waals surface area contributed by atoms with Crippen LogP contribution in [0, 0.1) is 20.8 Å². The van der Waals surface area contributed by atoms with Crippen LogP contribution in [0.1, 0.15) is 46.7 Å². The Kier molecular flexibility index (Phi) is 7.69. The lowest BCUT2D eigenvalue weighted by atomic mass is 10.1. The second kappa shape index (κ2) is 10.0. The van der Waals surface area contributed by atoms with Crippen LogP contribution in [0.3, 0.4) is 0 Å². The molecule has 0 aliphatic carbocycles. The highest BCUT2D eigenvalue weighted by atomic mass is 35.5. The first kappa shape index (κ1) is 26.1. The number of sulfonamides is 1. The maximum Gasteiger partial charge on any atom is 0.273 e. The van der Waals surface area contributed by atoms with Crippen LogP contribution in [0.25, 0.3) is 11.0 Å². The van der Waals surface area contributed by atoms with E-state index >= 15 is 0 Å². The van der Waals surface area contributed by atoms with Gasteiger partial charge in [0.2, 0.25) is 10.0 Å². The van der Waals surface area contributed by atoms with E-state index in [1.165, 1.54) is 7.05 Å². The third kappa shape index (κ3) is 4.96.